The first kappa shape index (κ1) is 17.9. The van der Waals surface area contributed by atoms with Gasteiger partial charge >= 0.3 is 0 Å². The second-order valence-corrected chi connectivity index (χ2v) is 8.62. The van der Waals surface area contributed by atoms with Crippen molar-refractivity contribution in [2.75, 3.05) is 47.9 Å². The maximum atomic E-state index is 11.5. The van der Waals surface area contributed by atoms with Gasteiger partial charge in [0, 0.05) is 44.2 Å². The summed E-state index contributed by atoms with van der Waals surface area (Å²) in [6, 6.07) is 2.35. The number of hydrogen-bond donors (Lipinski definition) is 2. The quantitative estimate of drug-likeness (QED) is 0.757. The van der Waals surface area contributed by atoms with E-state index in [9.17, 15) is 8.42 Å². The largest absolute Gasteiger partial charge is 0.354 e. The Morgan fingerprint density at radius 3 is 2.96 bits per heavy atom. The molecule has 23 heavy (non-hydrogen) atoms. The first-order valence-corrected chi connectivity index (χ1v) is 9.99. The van der Waals surface area contributed by atoms with Gasteiger partial charge in [-0.05, 0) is 12.0 Å². The summed E-state index contributed by atoms with van der Waals surface area (Å²) >= 11 is 0. The van der Waals surface area contributed by atoms with Crippen molar-refractivity contribution in [1.82, 2.24) is 15.3 Å². The van der Waals surface area contributed by atoms with Crippen LogP contribution in [-0.4, -0.2) is 62.1 Å². The molecule has 1 aromatic heterocycles. The second kappa shape index (κ2) is 7.92. The number of nitrogens with one attached hydrogen (secondary N) is 2. The number of anilines is 2. The molecule has 0 bridgehead atoms. The van der Waals surface area contributed by atoms with Gasteiger partial charge in [-0.3, -0.25) is 0 Å². The van der Waals surface area contributed by atoms with Gasteiger partial charge in [0.05, 0.1) is 5.75 Å². The zero-order chi connectivity index (χ0) is 16.9. The standard InChI is InChI=1S/C15H27N5O2S/c1-4-23(21,22)10-8-18-15-17-6-5-14(19-15)20-9-7-16-13(11-20)12(2)3/h5-6,12-13,16H,4,7-11H2,1-3H3,(H,17,18,19). The first-order valence-electron chi connectivity index (χ1n) is 8.17. The van der Waals surface area contributed by atoms with Crippen LogP contribution in [0.3, 0.4) is 0 Å². The predicted molar refractivity (Wildman–Crippen MR) is 93.7 cm³/mol. The Balaban J connectivity index is 1.96. The van der Waals surface area contributed by atoms with Crippen LogP contribution in [0.1, 0.15) is 20.8 Å². The number of hydrogen-bond acceptors (Lipinski definition) is 7. The van der Waals surface area contributed by atoms with E-state index in [0.717, 1.165) is 25.5 Å². The third-order valence-corrected chi connectivity index (χ3v) is 5.82. The molecule has 1 aliphatic heterocycles. The molecule has 1 aliphatic rings. The summed E-state index contributed by atoms with van der Waals surface area (Å²) in [6.45, 7) is 9.16. The van der Waals surface area contributed by atoms with Crippen LogP contribution in [0.2, 0.25) is 0 Å². The zero-order valence-corrected chi connectivity index (χ0v) is 14.9. The second-order valence-electron chi connectivity index (χ2n) is 6.15. The first-order chi connectivity index (χ1) is 10.9. The highest BCUT2D eigenvalue weighted by molar-refractivity contribution is 7.91. The average molecular weight is 341 g/mol. The Bertz CT molecular complexity index is 606. The molecule has 1 atom stereocenters. The molecule has 8 heteroatoms. The highest BCUT2D eigenvalue weighted by atomic mass is 32.2. The van der Waals surface area contributed by atoms with E-state index in [4.69, 9.17) is 0 Å². The van der Waals surface area contributed by atoms with E-state index in [-0.39, 0.29) is 11.5 Å². The molecule has 2 rings (SSSR count). The van der Waals surface area contributed by atoms with Crippen molar-refractivity contribution < 1.29 is 8.42 Å². The predicted octanol–water partition coefficient (Wildman–Crippen LogP) is 0.757. The lowest BCUT2D eigenvalue weighted by molar-refractivity contribution is 0.367. The van der Waals surface area contributed by atoms with E-state index >= 15 is 0 Å². The third-order valence-electron chi connectivity index (χ3n) is 4.11. The molecule has 2 N–H and O–H groups in total. The minimum absolute atomic E-state index is 0.0974. The smallest absolute Gasteiger partial charge is 0.224 e. The van der Waals surface area contributed by atoms with E-state index < -0.39 is 9.84 Å². The van der Waals surface area contributed by atoms with Crippen LogP contribution in [0.5, 0.6) is 0 Å². The summed E-state index contributed by atoms with van der Waals surface area (Å²) in [6.07, 6.45) is 1.71. The summed E-state index contributed by atoms with van der Waals surface area (Å²) in [5.74, 6) is 2.19. The van der Waals surface area contributed by atoms with Crippen molar-refractivity contribution in [2.24, 2.45) is 5.92 Å². The molecule has 7 nitrogen and oxygen atoms in total. The molecule has 1 aromatic rings. The van der Waals surface area contributed by atoms with E-state index in [0.29, 0.717) is 24.5 Å². The van der Waals surface area contributed by atoms with Crippen LogP contribution in [-0.2, 0) is 9.84 Å². The van der Waals surface area contributed by atoms with Gasteiger partial charge in [-0.15, -0.1) is 0 Å². The summed E-state index contributed by atoms with van der Waals surface area (Å²) in [5, 5.41) is 6.53. The van der Waals surface area contributed by atoms with Gasteiger partial charge in [-0.1, -0.05) is 20.8 Å². The van der Waals surface area contributed by atoms with Gasteiger partial charge in [0.15, 0.2) is 9.84 Å². The Morgan fingerprint density at radius 1 is 1.48 bits per heavy atom. The molecule has 0 spiro atoms. The lowest BCUT2D eigenvalue weighted by atomic mass is 10.0. The van der Waals surface area contributed by atoms with Gasteiger partial charge in [-0.25, -0.2) is 13.4 Å². The molecular weight excluding hydrogens is 314 g/mol. The van der Waals surface area contributed by atoms with Crippen LogP contribution in [0.15, 0.2) is 12.3 Å². The molecule has 0 aromatic carbocycles. The molecule has 0 amide bonds. The Labute approximate surface area is 138 Å². The zero-order valence-electron chi connectivity index (χ0n) is 14.1. The van der Waals surface area contributed by atoms with Crippen molar-refractivity contribution in [1.29, 1.82) is 0 Å². The SMILES string of the molecule is CCS(=O)(=O)CCNc1nccc(N2CCNC(C(C)C)C2)n1. The fourth-order valence-corrected chi connectivity index (χ4v) is 3.21. The molecule has 0 aliphatic carbocycles. The third kappa shape index (κ3) is 5.31. The van der Waals surface area contributed by atoms with Crippen molar-refractivity contribution in [3.8, 4) is 0 Å². The van der Waals surface area contributed by atoms with E-state index in [2.05, 4.69) is 39.3 Å². The van der Waals surface area contributed by atoms with Crippen molar-refractivity contribution >= 4 is 21.6 Å². The molecule has 1 fully saturated rings. The van der Waals surface area contributed by atoms with Gasteiger partial charge in [0.2, 0.25) is 5.95 Å². The van der Waals surface area contributed by atoms with Crippen molar-refractivity contribution in [3.05, 3.63) is 12.3 Å². The highest BCUT2D eigenvalue weighted by Gasteiger charge is 2.22. The minimum Gasteiger partial charge on any atom is -0.354 e. The number of nitrogens with zero attached hydrogens (tertiary/aromatic N) is 3. The molecule has 1 saturated heterocycles. The Morgan fingerprint density at radius 2 is 2.26 bits per heavy atom. The molecule has 1 unspecified atom stereocenters. The number of sulfone groups is 1. The van der Waals surface area contributed by atoms with E-state index in [1.165, 1.54) is 0 Å². The minimum atomic E-state index is -2.97. The summed E-state index contributed by atoms with van der Waals surface area (Å²) < 4.78 is 23.0. The maximum absolute atomic E-state index is 11.5. The molecule has 0 radical (unpaired) electrons. The van der Waals surface area contributed by atoms with E-state index in [1.54, 1.807) is 13.1 Å². The number of rotatable bonds is 7. The molecular formula is C15H27N5O2S. The van der Waals surface area contributed by atoms with Crippen molar-refractivity contribution in [3.63, 3.8) is 0 Å². The Kier molecular flexibility index (Phi) is 6.17. The highest BCUT2D eigenvalue weighted by Crippen LogP contribution is 2.16. The normalized spacial score (nSPS) is 19.1. The van der Waals surface area contributed by atoms with E-state index in [1.807, 2.05) is 6.07 Å². The maximum Gasteiger partial charge on any atom is 0.224 e. The lowest BCUT2D eigenvalue weighted by Gasteiger charge is -2.36. The number of piperazine rings is 1. The lowest BCUT2D eigenvalue weighted by Crippen LogP contribution is -2.53. The molecule has 130 valence electrons. The van der Waals surface area contributed by atoms with Gasteiger partial charge in [0.25, 0.3) is 0 Å². The fraction of sp³-hybridized carbons (Fsp3) is 0.733. The van der Waals surface area contributed by atoms with Crippen LogP contribution < -0.4 is 15.5 Å². The van der Waals surface area contributed by atoms with Crippen LogP contribution in [0.25, 0.3) is 0 Å². The Hall–Kier alpha value is -1.41. The molecule has 2 heterocycles. The topological polar surface area (TPSA) is 87.2 Å². The van der Waals surface area contributed by atoms with Crippen LogP contribution in [0, 0.1) is 5.92 Å². The average Bonchev–Trinajstić information content (AvgIpc) is 2.55. The summed E-state index contributed by atoms with van der Waals surface area (Å²) in [5.41, 5.74) is 0. The van der Waals surface area contributed by atoms with Gasteiger partial charge in [-0.2, -0.15) is 4.98 Å². The summed E-state index contributed by atoms with van der Waals surface area (Å²) in [4.78, 5) is 10.9. The van der Waals surface area contributed by atoms with Gasteiger partial charge in [0.1, 0.15) is 5.82 Å². The van der Waals surface area contributed by atoms with Gasteiger partial charge < -0.3 is 15.5 Å². The van der Waals surface area contributed by atoms with Crippen molar-refractivity contribution in [2.45, 2.75) is 26.8 Å². The fourth-order valence-electron chi connectivity index (χ4n) is 2.51. The molecule has 0 saturated carbocycles. The van der Waals surface area contributed by atoms with Crippen LogP contribution in [0.4, 0.5) is 11.8 Å². The summed E-state index contributed by atoms with van der Waals surface area (Å²) in [7, 11) is -2.97. The number of aromatic nitrogens is 2. The van der Waals surface area contributed by atoms with Crippen LogP contribution >= 0.6 is 0 Å². The monoisotopic (exact) mass is 341 g/mol.